The molecular weight excluding hydrogens is 182 g/mol. The fourth-order valence-corrected chi connectivity index (χ4v) is 2.72. The number of hydrogen-bond acceptors (Lipinski definition) is 3. The number of aliphatic hydroxyl groups is 1. The van der Waals surface area contributed by atoms with Gasteiger partial charge in [0.1, 0.15) is 6.10 Å². The Labute approximate surface area is 82.6 Å². The van der Waals surface area contributed by atoms with E-state index in [2.05, 4.69) is 18.3 Å². The molecule has 1 fully saturated rings. The summed E-state index contributed by atoms with van der Waals surface area (Å²) in [5, 5.41) is 13.3. The highest BCUT2D eigenvalue weighted by Crippen LogP contribution is 2.28. The second-order valence-corrected chi connectivity index (χ2v) is 4.92. The summed E-state index contributed by atoms with van der Waals surface area (Å²) in [5.74, 6) is 0. The van der Waals surface area contributed by atoms with E-state index in [0.29, 0.717) is 0 Å². The molecule has 1 saturated heterocycles. The van der Waals surface area contributed by atoms with Crippen molar-refractivity contribution in [2.45, 2.75) is 31.9 Å². The second-order valence-electron chi connectivity index (χ2n) is 3.60. The van der Waals surface area contributed by atoms with Crippen molar-refractivity contribution in [1.82, 2.24) is 5.32 Å². The van der Waals surface area contributed by atoms with Crippen LogP contribution in [0.1, 0.15) is 28.7 Å². The lowest BCUT2D eigenvalue weighted by atomic mass is 10.1. The van der Waals surface area contributed by atoms with Crippen LogP contribution >= 0.6 is 11.3 Å². The smallest absolute Gasteiger partial charge is 0.103 e. The van der Waals surface area contributed by atoms with E-state index in [9.17, 15) is 5.11 Å². The Morgan fingerprint density at radius 1 is 1.62 bits per heavy atom. The average Bonchev–Trinajstić information content (AvgIpc) is 2.72. The third-order valence-corrected chi connectivity index (χ3v) is 3.60. The lowest BCUT2D eigenvalue weighted by molar-refractivity contribution is 0.141. The number of rotatable bonds is 2. The minimum Gasteiger partial charge on any atom is -0.386 e. The molecule has 2 rings (SSSR count). The van der Waals surface area contributed by atoms with E-state index in [1.54, 1.807) is 11.3 Å². The molecule has 1 aliphatic rings. The van der Waals surface area contributed by atoms with Crippen LogP contribution in [0.2, 0.25) is 0 Å². The van der Waals surface area contributed by atoms with Gasteiger partial charge in [0, 0.05) is 15.8 Å². The quantitative estimate of drug-likeness (QED) is 0.758. The number of aliphatic hydroxyl groups excluding tert-OH is 1. The van der Waals surface area contributed by atoms with Crippen molar-refractivity contribution in [1.29, 1.82) is 0 Å². The van der Waals surface area contributed by atoms with Crippen LogP contribution in [0.5, 0.6) is 0 Å². The predicted octanol–water partition coefficient (Wildman–Crippen LogP) is 1.84. The fourth-order valence-electron chi connectivity index (χ4n) is 1.79. The zero-order valence-electron chi connectivity index (χ0n) is 7.79. The van der Waals surface area contributed by atoms with Crippen molar-refractivity contribution in [2.24, 2.45) is 0 Å². The number of nitrogens with one attached hydrogen (secondary N) is 1. The summed E-state index contributed by atoms with van der Waals surface area (Å²) in [6.45, 7) is 3.12. The first-order chi connectivity index (χ1) is 6.27. The van der Waals surface area contributed by atoms with Crippen molar-refractivity contribution in [3.63, 3.8) is 0 Å². The van der Waals surface area contributed by atoms with E-state index in [0.717, 1.165) is 17.8 Å². The Balaban J connectivity index is 2.07. The summed E-state index contributed by atoms with van der Waals surface area (Å²) in [6, 6.07) is 4.38. The maximum absolute atomic E-state index is 9.98. The van der Waals surface area contributed by atoms with Gasteiger partial charge in [0.05, 0.1) is 0 Å². The Kier molecular flexibility index (Phi) is 2.67. The minimum atomic E-state index is -0.304. The molecule has 3 heteroatoms. The highest BCUT2D eigenvalue weighted by molar-refractivity contribution is 7.12. The molecule has 0 radical (unpaired) electrons. The Hall–Kier alpha value is -0.380. The largest absolute Gasteiger partial charge is 0.386 e. The topological polar surface area (TPSA) is 32.3 Å². The minimum absolute atomic E-state index is 0.276. The summed E-state index contributed by atoms with van der Waals surface area (Å²) in [6.07, 6.45) is 1.98. The molecule has 13 heavy (non-hydrogen) atoms. The van der Waals surface area contributed by atoms with E-state index in [1.165, 1.54) is 11.3 Å². The lowest BCUT2D eigenvalue weighted by Gasteiger charge is -2.16. The van der Waals surface area contributed by atoms with E-state index in [4.69, 9.17) is 0 Å². The Morgan fingerprint density at radius 2 is 2.46 bits per heavy atom. The Bertz CT molecular complexity index is 278. The van der Waals surface area contributed by atoms with Crippen LogP contribution in [0.3, 0.4) is 0 Å². The third-order valence-electron chi connectivity index (χ3n) is 2.53. The van der Waals surface area contributed by atoms with Gasteiger partial charge in [0.15, 0.2) is 0 Å². The predicted molar refractivity (Wildman–Crippen MR) is 55.0 cm³/mol. The molecule has 0 aliphatic carbocycles. The van der Waals surface area contributed by atoms with Gasteiger partial charge < -0.3 is 10.4 Å². The third kappa shape index (κ3) is 1.93. The normalized spacial score (nSPS) is 24.9. The number of hydrogen-bond donors (Lipinski definition) is 2. The molecular formula is C10H15NOS. The molecule has 72 valence electrons. The van der Waals surface area contributed by atoms with Crippen molar-refractivity contribution in [3.05, 3.63) is 21.9 Å². The van der Waals surface area contributed by atoms with Crippen LogP contribution in [0, 0.1) is 6.92 Å². The fraction of sp³-hybridized carbons (Fsp3) is 0.600. The van der Waals surface area contributed by atoms with Crippen LogP contribution in [0.4, 0.5) is 0 Å². The zero-order chi connectivity index (χ0) is 9.26. The van der Waals surface area contributed by atoms with E-state index in [-0.39, 0.29) is 12.1 Å². The molecule has 0 aromatic carbocycles. The van der Waals surface area contributed by atoms with Gasteiger partial charge in [-0.05, 0) is 38.4 Å². The molecule has 1 aliphatic heterocycles. The first-order valence-electron chi connectivity index (χ1n) is 4.75. The molecule has 0 amide bonds. The van der Waals surface area contributed by atoms with Crippen molar-refractivity contribution in [3.8, 4) is 0 Å². The van der Waals surface area contributed by atoms with E-state index in [1.807, 2.05) is 6.07 Å². The summed E-state index contributed by atoms with van der Waals surface area (Å²) < 4.78 is 0. The summed E-state index contributed by atoms with van der Waals surface area (Å²) in [4.78, 5) is 2.36. The molecule has 0 saturated carbocycles. The van der Waals surface area contributed by atoms with Crippen LogP contribution in [0.15, 0.2) is 12.1 Å². The van der Waals surface area contributed by atoms with Gasteiger partial charge in [0.2, 0.25) is 0 Å². The van der Waals surface area contributed by atoms with Crippen LogP contribution in [-0.4, -0.2) is 17.7 Å². The van der Waals surface area contributed by atoms with E-state index < -0.39 is 0 Å². The van der Waals surface area contributed by atoms with Gasteiger partial charge in [0.25, 0.3) is 0 Å². The molecule has 0 spiro atoms. The summed E-state index contributed by atoms with van der Waals surface area (Å²) in [5.41, 5.74) is 0. The monoisotopic (exact) mass is 197 g/mol. The summed E-state index contributed by atoms with van der Waals surface area (Å²) in [7, 11) is 0. The van der Waals surface area contributed by atoms with Gasteiger partial charge in [-0.3, -0.25) is 0 Å². The van der Waals surface area contributed by atoms with Gasteiger partial charge in [-0.1, -0.05) is 0 Å². The average molecular weight is 197 g/mol. The second kappa shape index (κ2) is 3.78. The highest BCUT2D eigenvalue weighted by Gasteiger charge is 2.24. The van der Waals surface area contributed by atoms with Crippen LogP contribution in [-0.2, 0) is 0 Å². The van der Waals surface area contributed by atoms with Crippen molar-refractivity contribution in [2.75, 3.05) is 6.54 Å². The molecule has 2 unspecified atom stereocenters. The number of thiophene rings is 1. The van der Waals surface area contributed by atoms with Crippen LogP contribution < -0.4 is 5.32 Å². The van der Waals surface area contributed by atoms with E-state index >= 15 is 0 Å². The first kappa shape index (κ1) is 9.19. The van der Waals surface area contributed by atoms with Crippen LogP contribution in [0.25, 0.3) is 0 Å². The standard InChI is InChI=1S/C10H15NOS/c1-7-4-5-9(13-7)10(12)8-3-2-6-11-8/h4-5,8,10-12H,2-3,6H2,1H3. The molecule has 2 heterocycles. The van der Waals surface area contributed by atoms with Gasteiger partial charge in [-0.2, -0.15) is 0 Å². The van der Waals surface area contributed by atoms with Crippen molar-refractivity contribution < 1.29 is 5.11 Å². The lowest BCUT2D eigenvalue weighted by Crippen LogP contribution is -2.28. The van der Waals surface area contributed by atoms with Crippen molar-refractivity contribution >= 4 is 11.3 Å². The molecule has 2 nitrogen and oxygen atoms in total. The highest BCUT2D eigenvalue weighted by atomic mass is 32.1. The molecule has 2 atom stereocenters. The SMILES string of the molecule is Cc1ccc(C(O)C2CCCN2)s1. The summed E-state index contributed by atoms with van der Waals surface area (Å²) >= 11 is 1.69. The zero-order valence-corrected chi connectivity index (χ0v) is 8.60. The molecule has 2 N–H and O–H groups in total. The van der Waals surface area contributed by atoms with Gasteiger partial charge >= 0.3 is 0 Å². The first-order valence-corrected chi connectivity index (χ1v) is 5.57. The maximum Gasteiger partial charge on any atom is 0.103 e. The Morgan fingerprint density at radius 3 is 3.00 bits per heavy atom. The molecule has 1 aromatic rings. The maximum atomic E-state index is 9.98. The molecule has 1 aromatic heterocycles. The van der Waals surface area contributed by atoms with Gasteiger partial charge in [-0.25, -0.2) is 0 Å². The number of aryl methyl sites for hydroxylation is 1. The molecule has 0 bridgehead atoms. The van der Waals surface area contributed by atoms with Gasteiger partial charge in [-0.15, -0.1) is 11.3 Å².